The van der Waals surface area contributed by atoms with Gasteiger partial charge in [0.05, 0.1) is 7.11 Å². The third-order valence-corrected chi connectivity index (χ3v) is 6.03. The molecule has 0 aliphatic heterocycles. The minimum atomic E-state index is -1.12. The Balaban J connectivity index is 1.64. The molecule has 4 aromatic carbocycles. The first kappa shape index (κ1) is 27.5. The van der Waals surface area contributed by atoms with Gasteiger partial charge in [0.15, 0.2) is 17.3 Å². The van der Waals surface area contributed by atoms with Crippen molar-refractivity contribution in [3.63, 3.8) is 0 Å². The van der Waals surface area contributed by atoms with Crippen molar-refractivity contribution >= 4 is 23.4 Å². The second kappa shape index (κ2) is 12.8. The summed E-state index contributed by atoms with van der Waals surface area (Å²) in [6, 6.07) is 26.7. The Morgan fingerprint density at radius 2 is 1.60 bits per heavy atom. The van der Waals surface area contributed by atoms with Crippen LogP contribution in [0.5, 0.6) is 17.2 Å². The van der Waals surface area contributed by atoms with Crippen LogP contribution in [0.15, 0.2) is 102 Å². The van der Waals surface area contributed by atoms with Gasteiger partial charge < -0.3 is 36.2 Å². The Morgan fingerprint density at radius 3 is 2.27 bits per heavy atom. The number of nitrogens with zero attached hydrogens (tertiary/aromatic N) is 1. The van der Waals surface area contributed by atoms with Crippen LogP contribution in [0.4, 0.5) is 5.69 Å². The van der Waals surface area contributed by atoms with Crippen LogP contribution in [0, 0.1) is 0 Å². The molecule has 4 rings (SSSR count). The molecule has 1 atom stereocenters. The normalized spacial score (nSPS) is 11.8. The first-order valence-electron chi connectivity index (χ1n) is 12.2. The van der Waals surface area contributed by atoms with E-state index in [1.54, 1.807) is 60.7 Å². The fourth-order valence-electron chi connectivity index (χ4n) is 3.95. The Hall–Kier alpha value is -5.51. The van der Waals surface area contributed by atoms with E-state index in [-0.39, 0.29) is 28.8 Å². The Morgan fingerprint density at radius 1 is 0.900 bits per heavy atom. The lowest BCUT2D eigenvalue weighted by atomic mass is 10.0. The number of carbonyl (C=O) groups is 2. The smallest absolute Gasteiger partial charge is 0.339 e. The number of carboxylic acids is 1. The van der Waals surface area contributed by atoms with Gasteiger partial charge in [-0.3, -0.25) is 4.79 Å². The maximum absolute atomic E-state index is 13.5. The molecule has 4 aromatic rings. The number of anilines is 1. The summed E-state index contributed by atoms with van der Waals surface area (Å²) in [5, 5.41) is 27.6. The molecule has 0 aliphatic rings. The molecule has 10 heteroatoms. The van der Waals surface area contributed by atoms with Crippen molar-refractivity contribution in [1.29, 1.82) is 0 Å². The quantitative estimate of drug-likeness (QED) is 0.0790. The highest BCUT2D eigenvalue weighted by Crippen LogP contribution is 2.36. The average Bonchev–Trinajstić information content (AvgIpc) is 2.99. The van der Waals surface area contributed by atoms with Crippen molar-refractivity contribution in [2.45, 2.75) is 12.6 Å². The first-order chi connectivity index (χ1) is 19.4. The second-order valence-corrected chi connectivity index (χ2v) is 8.66. The van der Waals surface area contributed by atoms with Gasteiger partial charge in [0.2, 0.25) is 5.91 Å². The molecular weight excluding hydrogens is 512 g/mol. The zero-order valence-corrected chi connectivity index (χ0v) is 21.6. The van der Waals surface area contributed by atoms with Crippen molar-refractivity contribution in [2.24, 2.45) is 10.9 Å². The largest absolute Gasteiger partial charge is 0.493 e. The average molecular weight is 541 g/mol. The molecule has 1 unspecified atom stereocenters. The summed E-state index contributed by atoms with van der Waals surface area (Å²) in [7, 11) is 1.46. The summed E-state index contributed by atoms with van der Waals surface area (Å²) < 4.78 is 11.4. The number of amidine groups is 1. The van der Waals surface area contributed by atoms with Gasteiger partial charge in [0.1, 0.15) is 17.4 Å². The fraction of sp³-hybridized carbons (Fsp3) is 0.100. The van der Waals surface area contributed by atoms with Gasteiger partial charge >= 0.3 is 5.97 Å². The van der Waals surface area contributed by atoms with Crippen LogP contribution >= 0.6 is 0 Å². The topological polar surface area (TPSA) is 156 Å². The van der Waals surface area contributed by atoms with E-state index in [2.05, 4.69) is 15.8 Å². The Labute approximate surface area is 230 Å². The van der Waals surface area contributed by atoms with Crippen molar-refractivity contribution in [3.05, 3.63) is 119 Å². The number of carboxylic acid groups (broad SMARTS) is 1. The molecule has 6 N–H and O–H groups in total. The molecule has 10 nitrogen and oxygen atoms in total. The highest BCUT2D eigenvalue weighted by atomic mass is 16.5. The summed E-state index contributed by atoms with van der Waals surface area (Å²) in [4.78, 5) is 25.1. The molecule has 0 aromatic heterocycles. The van der Waals surface area contributed by atoms with Crippen molar-refractivity contribution in [1.82, 2.24) is 5.32 Å². The molecule has 0 bridgehead atoms. The second-order valence-electron chi connectivity index (χ2n) is 8.66. The Kier molecular flexibility index (Phi) is 8.83. The fourth-order valence-corrected chi connectivity index (χ4v) is 3.95. The van der Waals surface area contributed by atoms with E-state index >= 15 is 0 Å². The number of aromatic carboxylic acids is 1. The summed E-state index contributed by atoms with van der Waals surface area (Å²) in [5.41, 5.74) is 8.31. The van der Waals surface area contributed by atoms with E-state index in [4.69, 9.17) is 20.4 Å². The zero-order chi connectivity index (χ0) is 28.5. The maximum Gasteiger partial charge on any atom is 0.339 e. The van der Waals surface area contributed by atoms with Crippen LogP contribution in [-0.2, 0) is 11.3 Å². The van der Waals surface area contributed by atoms with Crippen molar-refractivity contribution in [3.8, 4) is 17.2 Å². The van der Waals surface area contributed by atoms with Crippen LogP contribution in [0.2, 0.25) is 0 Å². The number of carbonyl (C=O) groups excluding carboxylic acids is 1. The number of para-hydroxylation sites is 1. The standard InChI is InChI=1S/C30H28N4O6/c1-39-26-17-21(13-16-25(26)40-24-10-6-5-9-23(24)30(36)37)27(29(35)32-18-19-7-3-2-4-8-19)33-22-14-11-20(12-15-22)28(31)34-38/h2-17,27,33,38H,18H2,1H3,(H2,31,34)(H,32,35)(H,36,37). The van der Waals surface area contributed by atoms with Gasteiger partial charge in [-0.25, -0.2) is 4.79 Å². The van der Waals surface area contributed by atoms with Crippen molar-refractivity contribution in [2.75, 3.05) is 12.4 Å². The third kappa shape index (κ3) is 6.67. The molecule has 0 radical (unpaired) electrons. The zero-order valence-electron chi connectivity index (χ0n) is 21.6. The molecule has 1 amide bonds. The lowest BCUT2D eigenvalue weighted by Crippen LogP contribution is -2.33. The number of nitrogens with two attached hydrogens (primary N) is 1. The number of benzene rings is 4. The number of oxime groups is 1. The van der Waals surface area contributed by atoms with E-state index in [0.29, 0.717) is 29.1 Å². The maximum atomic E-state index is 13.5. The summed E-state index contributed by atoms with van der Waals surface area (Å²) in [6.07, 6.45) is 0. The Bertz CT molecular complexity index is 1510. The molecule has 40 heavy (non-hydrogen) atoms. The van der Waals surface area contributed by atoms with Crippen LogP contribution < -0.4 is 25.8 Å². The number of nitrogens with one attached hydrogen (secondary N) is 2. The molecule has 0 spiro atoms. The number of amides is 1. The van der Waals surface area contributed by atoms with Crippen LogP contribution in [0.1, 0.15) is 33.1 Å². The van der Waals surface area contributed by atoms with Gasteiger partial charge in [-0.05, 0) is 59.7 Å². The van der Waals surface area contributed by atoms with Crippen LogP contribution in [-0.4, -0.2) is 35.1 Å². The predicted molar refractivity (Wildman–Crippen MR) is 150 cm³/mol. The van der Waals surface area contributed by atoms with Gasteiger partial charge in [-0.1, -0.05) is 53.7 Å². The molecule has 0 aliphatic carbocycles. The number of rotatable bonds is 11. The van der Waals surface area contributed by atoms with Gasteiger partial charge in [0.25, 0.3) is 0 Å². The SMILES string of the molecule is COc1cc(C(Nc2ccc(C(N)=NO)cc2)C(=O)NCc2ccccc2)ccc1Oc1ccccc1C(=O)O. The van der Waals surface area contributed by atoms with E-state index in [1.807, 2.05) is 30.3 Å². The van der Waals surface area contributed by atoms with Crippen LogP contribution in [0.3, 0.4) is 0 Å². The van der Waals surface area contributed by atoms with Gasteiger partial charge in [0, 0.05) is 17.8 Å². The minimum absolute atomic E-state index is 0.00351. The molecule has 204 valence electrons. The number of methoxy groups -OCH3 is 1. The minimum Gasteiger partial charge on any atom is -0.493 e. The van der Waals surface area contributed by atoms with E-state index < -0.39 is 12.0 Å². The molecular formula is C30H28N4O6. The predicted octanol–water partition coefficient (Wildman–Crippen LogP) is 4.75. The number of hydrogen-bond donors (Lipinski definition) is 5. The molecule has 0 saturated carbocycles. The molecule has 0 fully saturated rings. The van der Waals surface area contributed by atoms with E-state index in [0.717, 1.165) is 5.56 Å². The summed E-state index contributed by atoms with van der Waals surface area (Å²) >= 11 is 0. The lowest BCUT2D eigenvalue weighted by Gasteiger charge is -2.22. The van der Waals surface area contributed by atoms with Crippen LogP contribution in [0.25, 0.3) is 0 Å². The summed E-state index contributed by atoms with van der Waals surface area (Å²) in [6.45, 7) is 0.324. The number of hydrogen-bond acceptors (Lipinski definition) is 7. The van der Waals surface area contributed by atoms with Crippen molar-refractivity contribution < 1.29 is 29.4 Å². The number of ether oxygens (including phenoxy) is 2. The van der Waals surface area contributed by atoms with E-state index in [9.17, 15) is 14.7 Å². The molecule has 0 saturated heterocycles. The third-order valence-electron chi connectivity index (χ3n) is 6.03. The summed E-state index contributed by atoms with van der Waals surface area (Å²) in [5.74, 6) is -0.704. The lowest BCUT2D eigenvalue weighted by molar-refractivity contribution is -0.122. The van der Waals surface area contributed by atoms with Gasteiger partial charge in [-0.15, -0.1) is 0 Å². The van der Waals surface area contributed by atoms with Gasteiger partial charge in [-0.2, -0.15) is 0 Å². The monoisotopic (exact) mass is 540 g/mol. The van der Waals surface area contributed by atoms with E-state index in [1.165, 1.54) is 13.2 Å². The first-order valence-corrected chi connectivity index (χ1v) is 12.2. The molecule has 0 heterocycles. The highest BCUT2D eigenvalue weighted by Gasteiger charge is 2.23. The highest BCUT2D eigenvalue weighted by molar-refractivity contribution is 5.97.